The van der Waals surface area contributed by atoms with E-state index in [2.05, 4.69) is 12.1 Å². The van der Waals surface area contributed by atoms with Crippen LogP contribution in [0.5, 0.6) is 0 Å². The molecule has 0 aliphatic carbocycles. The fourth-order valence-corrected chi connectivity index (χ4v) is 1.93. The van der Waals surface area contributed by atoms with Crippen molar-refractivity contribution in [3.8, 4) is 11.1 Å². The maximum atomic E-state index is 10.3. The van der Waals surface area contributed by atoms with Gasteiger partial charge in [-0.1, -0.05) is 42.5 Å². The van der Waals surface area contributed by atoms with Crippen LogP contribution in [0.2, 0.25) is 0 Å². The Kier molecular flexibility index (Phi) is 5.36. The molecule has 0 fully saturated rings. The molecule has 0 aliphatic rings. The van der Waals surface area contributed by atoms with Crippen LogP contribution in [-0.2, 0) is 0 Å². The monoisotopic (exact) mass is 306 g/mol. The van der Waals surface area contributed by atoms with Crippen molar-refractivity contribution in [2.45, 2.75) is 0 Å². The van der Waals surface area contributed by atoms with E-state index in [1.165, 1.54) is 23.3 Å². The van der Waals surface area contributed by atoms with Crippen molar-refractivity contribution in [1.82, 2.24) is 0 Å². The maximum absolute atomic E-state index is 10.3. The average molecular weight is 306 g/mol. The lowest BCUT2D eigenvalue weighted by molar-refractivity contribution is 0.0697. The quantitative estimate of drug-likeness (QED) is 0.626. The Labute approximate surface area is 135 Å². The predicted octanol–water partition coefficient (Wildman–Crippen LogP) is 3.90. The van der Waals surface area contributed by atoms with Gasteiger partial charge < -0.3 is 16.6 Å². The fourth-order valence-electron chi connectivity index (χ4n) is 1.93. The normalized spacial score (nSPS) is 9.57. The molecule has 0 atom stereocenters. The average Bonchev–Trinajstić information content (AvgIpc) is 2.57. The van der Waals surface area contributed by atoms with Gasteiger partial charge in [0, 0.05) is 11.4 Å². The Hall–Kier alpha value is -3.27. The van der Waals surface area contributed by atoms with Crippen LogP contribution in [0.4, 0.5) is 11.4 Å². The third-order valence-electron chi connectivity index (χ3n) is 3.18. The number of rotatable bonds is 2. The summed E-state index contributed by atoms with van der Waals surface area (Å²) >= 11 is 0. The Morgan fingerprint density at radius 3 is 1.57 bits per heavy atom. The first-order valence-corrected chi connectivity index (χ1v) is 7.06. The summed E-state index contributed by atoms with van der Waals surface area (Å²) in [6.45, 7) is 0. The predicted molar refractivity (Wildman–Crippen MR) is 94.1 cm³/mol. The van der Waals surface area contributed by atoms with Gasteiger partial charge >= 0.3 is 5.97 Å². The minimum atomic E-state index is -0.931. The van der Waals surface area contributed by atoms with Crippen LogP contribution in [0.25, 0.3) is 11.1 Å². The minimum absolute atomic E-state index is 0.259. The van der Waals surface area contributed by atoms with Crippen LogP contribution in [0.3, 0.4) is 0 Å². The van der Waals surface area contributed by atoms with E-state index < -0.39 is 5.97 Å². The highest BCUT2D eigenvalue weighted by atomic mass is 16.4. The first kappa shape index (κ1) is 16.1. The zero-order valence-electron chi connectivity index (χ0n) is 12.5. The highest BCUT2D eigenvalue weighted by Crippen LogP contribution is 2.19. The number of benzene rings is 3. The molecule has 4 nitrogen and oxygen atoms in total. The van der Waals surface area contributed by atoms with E-state index in [9.17, 15) is 4.79 Å². The molecule has 0 unspecified atom stereocenters. The maximum Gasteiger partial charge on any atom is 0.335 e. The SMILES string of the molecule is Nc1ccc(-c2ccccc2)cc1.Nc1ccc(C(=O)O)cc1. The zero-order chi connectivity index (χ0) is 16.7. The van der Waals surface area contributed by atoms with E-state index in [0.717, 1.165) is 5.69 Å². The first-order valence-electron chi connectivity index (χ1n) is 7.06. The van der Waals surface area contributed by atoms with Gasteiger partial charge in [0.25, 0.3) is 0 Å². The van der Waals surface area contributed by atoms with Gasteiger partial charge in [-0.15, -0.1) is 0 Å². The standard InChI is InChI=1S/C12H11N.C7H7NO2/c13-12-8-6-11(7-9-12)10-4-2-1-3-5-10;8-6-3-1-5(2-4-6)7(9)10/h1-9H,13H2;1-4H,8H2,(H,9,10). The van der Waals surface area contributed by atoms with Gasteiger partial charge in [0.2, 0.25) is 0 Å². The van der Waals surface area contributed by atoms with E-state index in [4.69, 9.17) is 16.6 Å². The molecule has 5 N–H and O–H groups in total. The summed E-state index contributed by atoms with van der Waals surface area (Å²) < 4.78 is 0. The third kappa shape index (κ3) is 4.89. The number of nitrogen functional groups attached to an aromatic ring is 2. The summed E-state index contributed by atoms with van der Waals surface area (Å²) in [7, 11) is 0. The summed E-state index contributed by atoms with van der Waals surface area (Å²) in [6, 6.07) is 24.2. The van der Waals surface area contributed by atoms with Gasteiger partial charge in [-0.25, -0.2) is 4.79 Å². The molecule has 116 valence electrons. The second kappa shape index (κ2) is 7.66. The molecule has 3 rings (SSSR count). The number of hydrogen-bond donors (Lipinski definition) is 3. The molecular weight excluding hydrogens is 288 g/mol. The molecule has 0 saturated carbocycles. The molecular formula is C19H18N2O2. The Bertz CT molecular complexity index is 752. The summed E-state index contributed by atoms with van der Waals surface area (Å²) in [4.78, 5) is 10.3. The molecule has 23 heavy (non-hydrogen) atoms. The molecule has 0 spiro atoms. The fraction of sp³-hybridized carbons (Fsp3) is 0. The van der Waals surface area contributed by atoms with Crippen LogP contribution in [-0.4, -0.2) is 11.1 Å². The topological polar surface area (TPSA) is 89.3 Å². The van der Waals surface area contributed by atoms with Crippen LogP contribution in [0.1, 0.15) is 10.4 Å². The molecule has 0 bridgehead atoms. The highest BCUT2D eigenvalue weighted by molar-refractivity contribution is 5.87. The van der Waals surface area contributed by atoms with Crippen LogP contribution < -0.4 is 11.5 Å². The lowest BCUT2D eigenvalue weighted by atomic mass is 10.1. The molecule has 0 heterocycles. The number of anilines is 2. The van der Waals surface area contributed by atoms with E-state index in [1.807, 2.05) is 42.5 Å². The highest BCUT2D eigenvalue weighted by Gasteiger charge is 1.98. The van der Waals surface area contributed by atoms with Gasteiger partial charge in [-0.2, -0.15) is 0 Å². The zero-order valence-corrected chi connectivity index (χ0v) is 12.5. The minimum Gasteiger partial charge on any atom is -0.478 e. The van der Waals surface area contributed by atoms with Crippen molar-refractivity contribution in [3.63, 3.8) is 0 Å². The number of carbonyl (C=O) groups is 1. The number of nitrogens with two attached hydrogens (primary N) is 2. The largest absolute Gasteiger partial charge is 0.478 e. The number of carboxylic acids is 1. The second-order valence-corrected chi connectivity index (χ2v) is 4.92. The van der Waals surface area contributed by atoms with Gasteiger partial charge in [-0.05, 0) is 47.5 Å². The Morgan fingerprint density at radius 1 is 0.652 bits per heavy atom. The van der Waals surface area contributed by atoms with Crippen molar-refractivity contribution in [3.05, 3.63) is 84.4 Å². The van der Waals surface area contributed by atoms with E-state index >= 15 is 0 Å². The van der Waals surface area contributed by atoms with E-state index in [0.29, 0.717) is 5.69 Å². The van der Waals surface area contributed by atoms with Gasteiger partial charge in [0.1, 0.15) is 0 Å². The number of hydrogen-bond acceptors (Lipinski definition) is 3. The van der Waals surface area contributed by atoms with Crippen molar-refractivity contribution >= 4 is 17.3 Å². The molecule has 0 aromatic heterocycles. The molecule has 0 radical (unpaired) electrons. The number of aromatic carboxylic acids is 1. The lowest BCUT2D eigenvalue weighted by Gasteiger charge is -2.00. The van der Waals surface area contributed by atoms with Crippen molar-refractivity contribution in [1.29, 1.82) is 0 Å². The van der Waals surface area contributed by atoms with E-state index in [1.54, 1.807) is 12.1 Å². The Balaban J connectivity index is 0.000000174. The summed E-state index contributed by atoms with van der Waals surface area (Å²) in [5.41, 5.74) is 15.0. The first-order chi connectivity index (χ1) is 11.1. The van der Waals surface area contributed by atoms with E-state index in [-0.39, 0.29) is 5.56 Å². The van der Waals surface area contributed by atoms with Gasteiger partial charge in [0.05, 0.1) is 5.56 Å². The van der Waals surface area contributed by atoms with Gasteiger partial charge in [-0.3, -0.25) is 0 Å². The van der Waals surface area contributed by atoms with Crippen LogP contribution >= 0.6 is 0 Å². The smallest absolute Gasteiger partial charge is 0.335 e. The molecule has 4 heteroatoms. The van der Waals surface area contributed by atoms with Crippen molar-refractivity contribution in [2.24, 2.45) is 0 Å². The molecule has 3 aromatic carbocycles. The lowest BCUT2D eigenvalue weighted by Crippen LogP contribution is -1.95. The van der Waals surface area contributed by atoms with Gasteiger partial charge in [0.15, 0.2) is 0 Å². The van der Waals surface area contributed by atoms with Crippen LogP contribution in [0.15, 0.2) is 78.9 Å². The number of carboxylic acid groups (broad SMARTS) is 1. The van der Waals surface area contributed by atoms with Crippen LogP contribution in [0, 0.1) is 0 Å². The Morgan fingerprint density at radius 2 is 1.09 bits per heavy atom. The molecule has 0 amide bonds. The summed E-state index contributed by atoms with van der Waals surface area (Å²) in [5, 5.41) is 8.43. The molecule has 0 saturated heterocycles. The van der Waals surface area contributed by atoms with Crippen molar-refractivity contribution in [2.75, 3.05) is 11.5 Å². The summed E-state index contributed by atoms with van der Waals surface area (Å²) in [6.07, 6.45) is 0. The second-order valence-electron chi connectivity index (χ2n) is 4.92. The van der Waals surface area contributed by atoms with Crippen molar-refractivity contribution < 1.29 is 9.90 Å². The summed E-state index contributed by atoms with van der Waals surface area (Å²) in [5.74, 6) is -0.931. The molecule has 3 aromatic rings. The third-order valence-corrected chi connectivity index (χ3v) is 3.18. The molecule has 0 aliphatic heterocycles.